The minimum absolute atomic E-state index is 0.351. The van der Waals surface area contributed by atoms with Gasteiger partial charge in [0.05, 0.1) is 0 Å². The maximum absolute atomic E-state index is 11.7. The first-order chi connectivity index (χ1) is 14.5. The van der Waals surface area contributed by atoms with Crippen LogP contribution in [0.3, 0.4) is 0 Å². The molecule has 1 rings (SSSR count). The molecule has 4 nitrogen and oxygen atoms in total. The first-order valence-electron chi connectivity index (χ1n) is 12.1. The number of anilines is 1. The van der Waals surface area contributed by atoms with Crippen LogP contribution in [0.15, 0.2) is 24.3 Å². The van der Waals surface area contributed by atoms with Crippen LogP contribution in [0, 0.1) is 5.92 Å². The Balaban J connectivity index is 1.91. The topological polar surface area (TPSA) is 66.4 Å². The number of carboxylic acid groups (broad SMARTS) is 1. The average Bonchev–Trinajstić information content (AvgIpc) is 2.70. The van der Waals surface area contributed by atoms with Gasteiger partial charge >= 0.3 is 5.97 Å². The lowest BCUT2D eigenvalue weighted by Gasteiger charge is -2.07. The summed E-state index contributed by atoms with van der Waals surface area (Å²) in [6, 6.07) is 7.08. The molecule has 0 bridgehead atoms. The summed E-state index contributed by atoms with van der Waals surface area (Å²) in [4.78, 5) is 22.3. The summed E-state index contributed by atoms with van der Waals surface area (Å²) in [5.41, 5.74) is 1.43. The van der Waals surface area contributed by atoms with E-state index in [-0.39, 0.29) is 5.78 Å². The zero-order valence-corrected chi connectivity index (χ0v) is 19.3. The van der Waals surface area contributed by atoms with E-state index < -0.39 is 12.4 Å². The zero-order valence-electron chi connectivity index (χ0n) is 19.3. The molecule has 1 aromatic carbocycles. The highest BCUT2D eigenvalue weighted by atomic mass is 16.4. The molecule has 0 aliphatic carbocycles. The number of nitrogens with one attached hydrogen (secondary N) is 1. The van der Waals surface area contributed by atoms with Crippen molar-refractivity contribution in [2.45, 2.75) is 104 Å². The van der Waals surface area contributed by atoms with Crippen molar-refractivity contribution in [1.29, 1.82) is 0 Å². The summed E-state index contributed by atoms with van der Waals surface area (Å²) >= 11 is 0. The summed E-state index contributed by atoms with van der Waals surface area (Å²) < 4.78 is 0. The summed E-state index contributed by atoms with van der Waals surface area (Å²) in [5, 5.41) is 12.0. The molecule has 4 heteroatoms. The van der Waals surface area contributed by atoms with Gasteiger partial charge in [-0.1, -0.05) is 90.9 Å². The van der Waals surface area contributed by atoms with E-state index in [9.17, 15) is 9.59 Å². The molecule has 0 saturated heterocycles. The minimum Gasteiger partial charge on any atom is -0.481 e. The van der Waals surface area contributed by atoms with Gasteiger partial charge in [0, 0.05) is 17.8 Å². The predicted octanol–water partition coefficient (Wildman–Crippen LogP) is 7.48. The van der Waals surface area contributed by atoms with E-state index in [4.69, 9.17) is 5.11 Å². The van der Waals surface area contributed by atoms with Crippen molar-refractivity contribution in [3.8, 4) is 0 Å². The molecule has 0 aromatic heterocycles. The molecule has 0 fully saturated rings. The second kappa shape index (κ2) is 16.9. The van der Waals surface area contributed by atoms with Gasteiger partial charge in [0.25, 0.3) is 0 Å². The van der Waals surface area contributed by atoms with Gasteiger partial charge in [-0.05, 0) is 36.6 Å². The fraction of sp³-hybridized carbons (Fsp3) is 0.692. The summed E-state index contributed by atoms with van der Waals surface area (Å²) in [6.45, 7) is 5.55. The number of unbranched alkanes of at least 4 members (excludes halogenated alkanes) is 11. The molecule has 0 spiro atoms. The Bertz CT molecular complexity index is 580. The molecule has 0 saturated carbocycles. The van der Waals surface area contributed by atoms with Crippen LogP contribution in [0.4, 0.5) is 5.69 Å². The van der Waals surface area contributed by atoms with Gasteiger partial charge in [-0.3, -0.25) is 9.59 Å². The lowest BCUT2D eigenvalue weighted by atomic mass is 10.0. The molecular weight excluding hydrogens is 374 g/mol. The van der Waals surface area contributed by atoms with E-state index in [1.54, 1.807) is 12.1 Å². The van der Waals surface area contributed by atoms with Crippen LogP contribution in [0.1, 0.15) is 114 Å². The van der Waals surface area contributed by atoms with Crippen molar-refractivity contribution in [2.75, 3.05) is 11.9 Å². The Morgan fingerprint density at radius 3 is 1.70 bits per heavy atom. The Hall–Kier alpha value is -1.84. The van der Waals surface area contributed by atoms with Gasteiger partial charge in [-0.15, -0.1) is 0 Å². The molecule has 0 atom stereocenters. The SMILES string of the molecule is CC(C)CCCCCCCCCCCCCCNc1ccc(C(=O)CC(=O)O)cc1. The van der Waals surface area contributed by atoms with E-state index in [1.165, 1.54) is 77.0 Å². The van der Waals surface area contributed by atoms with Crippen LogP contribution >= 0.6 is 0 Å². The van der Waals surface area contributed by atoms with Crippen LogP contribution in [0.2, 0.25) is 0 Å². The molecule has 30 heavy (non-hydrogen) atoms. The van der Waals surface area contributed by atoms with E-state index >= 15 is 0 Å². The number of hydrogen-bond donors (Lipinski definition) is 2. The molecular formula is C26H43NO3. The summed E-state index contributed by atoms with van der Waals surface area (Å²) in [5.74, 6) is -0.582. The molecule has 0 radical (unpaired) electrons. The smallest absolute Gasteiger partial charge is 0.311 e. The molecule has 0 aliphatic rings. The number of carbonyl (C=O) groups excluding carboxylic acids is 1. The van der Waals surface area contributed by atoms with Crippen LogP contribution in [0.5, 0.6) is 0 Å². The predicted molar refractivity (Wildman–Crippen MR) is 126 cm³/mol. The molecule has 0 amide bonds. The van der Waals surface area contributed by atoms with Crippen LogP contribution in [-0.4, -0.2) is 23.4 Å². The Kier molecular flexibility index (Phi) is 14.8. The average molecular weight is 418 g/mol. The van der Waals surface area contributed by atoms with Crippen LogP contribution < -0.4 is 5.32 Å². The third-order valence-electron chi connectivity index (χ3n) is 5.56. The standard InChI is InChI=1S/C26H43NO3/c1-22(2)15-13-11-9-7-5-3-4-6-8-10-12-14-20-27-24-18-16-23(17-19-24)25(28)21-26(29)30/h16-19,22,27H,3-15,20-21H2,1-2H3,(H,29,30). The summed E-state index contributed by atoms with van der Waals surface area (Å²) in [6.07, 6.45) is 17.2. The number of carbonyl (C=O) groups is 2. The Morgan fingerprint density at radius 2 is 1.23 bits per heavy atom. The van der Waals surface area contributed by atoms with Crippen molar-refractivity contribution in [3.63, 3.8) is 0 Å². The number of Topliss-reactive ketones (excluding diaryl/α,β-unsaturated/α-hetero) is 1. The van der Waals surface area contributed by atoms with E-state index in [0.29, 0.717) is 5.56 Å². The summed E-state index contributed by atoms with van der Waals surface area (Å²) in [7, 11) is 0. The largest absolute Gasteiger partial charge is 0.481 e. The van der Waals surface area contributed by atoms with Crippen molar-refractivity contribution in [2.24, 2.45) is 5.92 Å². The molecule has 1 aromatic rings. The van der Waals surface area contributed by atoms with Gasteiger partial charge in [-0.2, -0.15) is 0 Å². The zero-order chi connectivity index (χ0) is 22.0. The highest BCUT2D eigenvalue weighted by molar-refractivity contribution is 6.05. The second-order valence-electron chi connectivity index (χ2n) is 8.92. The Labute approximate surface area is 183 Å². The maximum Gasteiger partial charge on any atom is 0.311 e. The van der Waals surface area contributed by atoms with Crippen molar-refractivity contribution >= 4 is 17.4 Å². The normalized spacial score (nSPS) is 11.0. The molecule has 0 aliphatic heterocycles. The number of rotatable bonds is 19. The van der Waals surface area contributed by atoms with E-state index in [2.05, 4.69) is 19.2 Å². The first-order valence-corrected chi connectivity index (χ1v) is 12.1. The molecule has 0 unspecified atom stereocenters. The maximum atomic E-state index is 11.7. The van der Waals surface area contributed by atoms with Crippen molar-refractivity contribution in [3.05, 3.63) is 29.8 Å². The number of ketones is 1. The van der Waals surface area contributed by atoms with Gasteiger partial charge < -0.3 is 10.4 Å². The van der Waals surface area contributed by atoms with Gasteiger partial charge in [0.1, 0.15) is 6.42 Å². The van der Waals surface area contributed by atoms with Gasteiger partial charge in [0.15, 0.2) is 5.78 Å². The van der Waals surface area contributed by atoms with Crippen LogP contribution in [0.25, 0.3) is 0 Å². The lowest BCUT2D eigenvalue weighted by molar-refractivity contribution is -0.135. The molecule has 0 heterocycles. The fourth-order valence-corrected chi connectivity index (χ4v) is 3.69. The Morgan fingerprint density at radius 1 is 0.767 bits per heavy atom. The monoisotopic (exact) mass is 417 g/mol. The number of carboxylic acids is 1. The second-order valence-corrected chi connectivity index (χ2v) is 8.92. The van der Waals surface area contributed by atoms with E-state index in [0.717, 1.165) is 24.6 Å². The number of benzene rings is 1. The van der Waals surface area contributed by atoms with Gasteiger partial charge in [-0.25, -0.2) is 0 Å². The molecule has 2 N–H and O–H groups in total. The highest BCUT2D eigenvalue weighted by Crippen LogP contribution is 2.15. The van der Waals surface area contributed by atoms with Crippen molar-refractivity contribution < 1.29 is 14.7 Å². The molecule has 170 valence electrons. The van der Waals surface area contributed by atoms with Crippen molar-refractivity contribution in [1.82, 2.24) is 0 Å². The highest BCUT2D eigenvalue weighted by Gasteiger charge is 2.10. The first kappa shape index (κ1) is 26.2. The fourth-order valence-electron chi connectivity index (χ4n) is 3.69. The minimum atomic E-state index is -1.09. The third kappa shape index (κ3) is 14.2. The third-order valence-corrected chi connectivity index (χ3v) is 5.56. The number of hydrogen-bond acceptors (Lipinski definition) is 3. The van der Waals surface area contributed by atoms with Gasteiger partial charge in [0.2, 0.25) is 0 Å². The van der Waals surface area contributed by atoms with E-state index in [1.807, 2.05) is 12.1 Å². The number of aliphatic carboxylic acids is 1. The van der Waals surface area contributed by atoms with Crippen LogP contribution in [-0.2, 0) is 4.79 Å². The lowest BCUT2D eigenvalue weighted by Crippen LogP contribution is -2.07. The quantitative estimate of drug-likeness (QED) is 0.139.